The maximum Gasteiger partial charge on any atom is 0.329 e. The average Bonchev–Trinajstić information content (AvgIpc) is 2.49. The number of rotatable bonds is 6. The molecule has 1 heterocycles. The Labute approximate surface area is 122 Å². The lowest BCUT2D eigenvalue weighted by atomic mass is 9.96. The van der Waals surface area contributed by atoms with E-state index in [-0.39, 0.29) is 12.5 Å². The number of β-lactam (4-membered cyclic amide) rings is 1. The number of carbonyl (C=O) groups is 2. The van der Waals surface area contributed by atoms with Gasteiger partial charge in [0, 0.05) is 18.7 Å². The third-order valence-corrected chi connectivity index (χ3v) is 3.49. The van der Waals surface area contributed by atoms with Crippen LogP contribution in [-0.4, -0.2) is 55.4 Å². The zero-order valence-electron chi connectivity index (χ0n) is 12.0. The van der Waals surface area contributed by atoms with Gasteiger partial charge in [0.15, 0.2) is 12.1 Å². The fourth-order valence-electron chi connectivity index (χ4n) is 2.35. The quantitative estimate of drug-likeness (QED) is 0.770. The predicted molar refractivity (Wildman–Crippen MR) is 72.3 cm³/mol. The van der Waals surface area contributed by atoms with Gasteiger partial charge in [0.2, 0.25) is 0 Å². The van der Waals surface area contributed by atoms with Gasteiger partial charge in [0.1, 0.15) is 11.5 Å². The minimum Gasteiger partial charge on any atom is -0.497 e. The lowest BCUT2D eigenvalue weighted by Crippen LogP contribution is -2.67. The number of ether oxygens (including phenoxy) is 3. The molecule has 21 heavy (non-hydrogen) atoms. The van der Waals surface area contributed by atoms with Crippen LogP contribution < -0.4 is 9.47 Å². The molecule has 1 fully saturated rings. The Balaban J connectivity index is 2.21. The lowest BCUT2D eigenvalue weighted by Gasteiger charge is -2.43. The number of likely N-dealkylation sites (tertiary alicyclic amines) is 1. The molecule has 0 unspecified atom stereocenters. The molecule has 1 aliphatic heterocycles. The van der Waals surface area contributed by atoms with Crippen molar-refractivity contribution in [3.63, 3.8) is 0 Å². The molecular formula is C14H17NO6. The van der Waals surface area contributed by atoms with Gasteiger partial charge in [-0.2, -0.15) is 0 Å². The molecule has 1 aliphatic rings. The lowest BCUT2D eigenvalue weighted by molar-refractivity contribution is -0.183. The fourth-order valence-corrected chi connectivity index (χ4v) is 2.35. The number of amides is 1. The topological polar surface area (TPSA) is 85.3 Å². The van der Waals surface area contributed by atoms with Gasteiger partial charge in [-0.1, -0.05) is 0 Å². The highest BCUT2D eigenvalue weighted by molar-refractivity contribution is 5.98. The summed E-state index contributed by atoms with van der Waals surface area (Å²) in [7, 11) is 4.36. The van der Waals surface area contributed by atoms with E-state index in [1.807, 2.05) is 0 Å². The molecule has 1 N–H and O–H groups in total. The highest BCUT2D eigenvalue weighted by Gasteiger charge is 2.52. The van der Waals surface area contributed by atoms with Crippen LogP contribution in [0.2, 0.25) is 0 Å². The average molecular weight is 295 g/mol. The van der Waals surface area contributed by atoms with Gasteiger partial charge < -0.3 is 24.2 Å². The van der Waals surface area contributed by atoms with Gasteiger partial charge >= 0.3 is 5.97 Å². The number of methoxy groups -OCH3 is 3. The van der Waals surface area contributed by atoms with Crippen molar-refractivity contribution < 1.29 is 28.9 Å². The maximum absolute atomic E-state index is 11.9. The molecule has 2 atom stereocenters. The Bertz CT molecular complexity index is 558. The number of nitrogens with zero attached hydrogens (tertiary/aromatic N) is 1. The van der Waals surface area contributed by atoms with Gasteiger partial charge in [0.25, 0.3) is 5.91 Å². The van der Waals surface area contributed by atoms with E-state index >= 15 is 0 Å². The van der Waals surface area contributed by atoms with Crippen LogP contribution in [0.15, 0.2) is 18.2 Å². The minimum atomic E-state index is -1.09. The summed E-state index contributed by atoms with van der Waals surface area (Å²) in [6.45, 7) is 0.142. The summed E-state index contributed by atoms with van der Waals surface area (Å²) in [4.78, 5) is 24.4. The summed E-state index contributed by atoms with van der Waals surface area (Å²) in [5.41, 5.74) is 0.701. The van der Waals surface area contributed by atoms with Crippen LogP contribution in [0.4, 0.5) is 0 Å². The van der Waals surface area contributed by atoms with Crippen LogP contribution in [0, 0.1) is 0 Å². The minimum absolute atomic E-state index is 0.142. The fraction of sp³-hybridized carbons (Fsp3) is 0.429. The van der Waals surface area contributed by atoms with Crippen LogP contribution in [0.5, 0.6) is 11.5 Å². The van der Waals surface area contributed by atoms with Crippen molar-refractivity contribution in [2.24, 2.45) is 0 Å². The number of hydrogen-bond acceptors (Lipinski definition) is 5. The number of carbonyl (C=O) groups excluding carboxylic acids is 1. The number of benzene rings is 1. The van der Waals surface area contributed by atoms with Gasteiger partial charge in [0.05, 0.1) is 20.8 Å². The summed E-state index contributed by atoms with van der Waals surface area (Å²) in [6.07, 6.45) is -0.924. The number of carboxylic acids is 1. The first-order valence-corrected chi connectivity index (χ1v) is 6.30. The first-order chi connectivity index (χ1) is 10.0. The van der Waals surface area contributed by atoms with Crippen LogP contribution in [0.25, 0.3) is 0 Å². The van der Waals surface area contributed by atoms with E-state index < -0.39 is 18.1 Å². The standard InChI is InChI=1S/C14H17NO6/c1-19-9-5-4-8(10(6-9)20-2)7-15-11(14(17)18)12(21-3)13(15)16/h4-6,11-12H,7H2,1-3H3,(H,17,18)/t11-,12+/m0/s1. The van der Waals surface area contributed by atoms with E-state index in [9.17, 15) is 14.7 Å². The molecule has 0 aliphatic carbocycles. The first kappa shape index (κ1) is 15.1. The molecule has 1 amide bonds. The zero-order chi connectivity index (χ0) is 15.6. The Morgan fingerprint density at radius 1 is 1.29 bits per heavy atom. The molecule has 1 aromatic rings. The van der Waals surface area contributed by atoms with E-state index in [2.05, 4.69) is 0 Å². The Morgan fingerprint density at radius 3 is 2.52 bits per heavy atom. The number of hydrogen-bond donors (Lipinski definition) is 1. The van der Waals surface area contributed by atoms with Crippen molar-refractivity contribution in [2.75, 3.05) is 21.3 Å². The Morgan fingerprint density at radius 2 is 2.00 bits per heavy atom. The largest absolute Gasteiger partial charge is 0.497 e. The second kappa shape index (κ2) is 6.01. The maximum atomic E-state index is 11.9. The van der Waals surface area contributed by atoms with Crippen LogP contribution in [0.1, 0.15) is 5.56 Å². The van der Waals surface area contributed by atoms with Crippen molar-refractivity contribution in [3.8, 4) is 11.5 Å². The van der Waals surface area contributed by atoms with Gasteiger partial charge in [-0.15, -0.1) is 0 Å². The van der Waals surface area contributed by atoms with E-state index in [4.69, 9.17) is 14.2 Å². The normalized spacial score (nSPS) is 20.9. The predicted octanol–water partition coefficient (Wildman–Crippen LogP) is 0.514. The first-order valence-electron chi connectivity index (χ1n) is 6.30. The molecule has 0 saturated carbocycles. The van der Waals surface area contributed by atoms with Gasteiger partial charge in [-0.3, -0.25) is 4.79 Å². The summed E-state index contributed by atoms with van der Waals surface area (Å²) >= 11 is 0. The summed E-state index contributed by atoms with van der Waals surface area (Å²) < 4.78 is 15.3. The highest BCUT2D eigenvalue weighted by Crippen LogP contribution is 2.30. The van der Waals surface area contributed by atoms with Gasteiger partial charge in [-0.05, 0) is 12.1 Å². The van der Waals surface area contributed by atoms with Crippen molar-refractivity contribution in [3.05, 3.63) is 23.8 Å². The van der Waals surface area contributed by atoms with Crippen molar-refractivity contribution in [2.45, 2.75) is 18.7 Å². The number of carboxylic acid groups (broad SMARTS) is 1. The molecule has 7 heteroatoms. The Hall–Kier alpha value is -2.28. The van der Waals surface area contributed by atoms with Crippen molar-refractivity contribution in [1.29, 1.82) is 0 Å². The third kappa shape index (κ3) is 2.64. The molecular weight excluding hydrogens is 278 g/mol. The monoisotopic (exact) mass is 295 g/mol. The van der Waals surface area contributed by atoms with E-state index in [1.54, 1.807) is 18.2 Å². The van der Waals surface area contributed by atoms with Crippen LogP contribution in [0.3, 0.4) is 0 Å². The molecule has 1 aromatic carbocycles. The molecule has 0 spiro atoms. The highest BCUT2D eigenvalue weighted by atomic mass is 16.5. The molecule has 0 aromatic heterocycles. The summed E-state index contributed by atoms with van der Waals surface area (Å²) in [5, 5.41) is 9.18. The smallest absolute Gasteiger partial charge is 0.329 e. The Kier molecular flexibility index (Phi) is 4.32. The number of aliphatic carboxylic acids is 1. The van der Waals surface area contributed by atoms with Crippen molar-refractivity contribution >= 4 is 11.9 Å². The molecule has 1 saturated heterocycles. The SMILES string of the molecule is COc1ccc(CN2C(=O)[C@H](OC)[C@H]2C(=O)O)c(OC)c1. The summed E-state index contributed by atoms with van der Waals surface area (Å²) in [5.74, 6) is -0.279. The second-order valence-corrected chi connectivity index (χ2v) is 4.58. The molecule has 0 bridgehead atoms. The van der Waals surface area contributed by atoms with E-state index in [1.165, 1.54) is 26.2 Å². The van der Waals surface area contributed by atoms with Crippen LogP contribution in [-0.2, 0) is 20.9 Å². The molecule has 2 rings (SSSR count). The summed E-state index contributed by atoms with van der Waals surface area (Å²) in [6, 6.07) is 4.17. The van der Waals surface area contributed by atoms with Crippen LogP contribution >= 0.6 is 0 Å². The van der Waals surface area contributed by atoms with E-state index in [0.29, 0.717) is 17.1 Å². The third-order valence-electron chi connectivity index (χ3n) is 3.49. The molecule has 7 nitrogen and oxygen atoms in total. The van der Waals surface area contributed by atoms with Gasteiger partial charge in [-0.25, -0.2) is 4.79 Å². The molecule has 0 radical (unpaired) electrons. The van der Waals surface area contributed by atoms with Crippen molar-refractivity contribution in [1.82, 2.24) is 4.90 Å². The second-order valence-electron chi connectivity index (χ2n) is 4.58. The van der Waals surface area contributed by atoms with E-state index in [0.717, 1.165) is 0 Å². The zero-order valence-corrected chi connectivity index (χ0v) is 12.0. The molecule has 114 valence electrons.